The van der Waals surface area contributed by atoms with Gasteiger partial charge in [0.05, 0.1) is 4.90 Å². The van der Waals surface area contributed by atoms with Gasteiger partial charge in [-0.15, -0.1) is 0 Å². The second-order valence-corrected chi connectivity index (χ2v) is 5.54. The minimum absolute atomic E-state index is 0.203. The molecule has 0 saturated carbocycles. The zero-order valence-electron chi connectivity index (χ0n) is 9.78. The Morgan fingerprint density at radius 3 is 2.50 bits per heavy atom. The Bertz CT molecular complexity index is 624. The standard InChI is InChI=1S/C13H14N2O2S/c14-18(16,17)13-6-2-1-5-12(13)8-7-11-4-3-9-15-10-11/h1-6,9-10H,7-8H2,(H2,14,16,17). The summed E-state index contributed by atoms with van der Waals surface area (Å²) >= 11 is 0. The fourth-order valence-electron chi connectivity index (χ4n) is 1.81. The van der Waals surface area contributed by atoms with Gasteiger partial charge in [-0.2, -0.15) is 0 Å². The maximum absolute atomic E-state index is 11.4. The van der Waals surface area contributed by atoms with Crippen LogP contribution in [0.1, 0.15) is 11.1 Å². The summed E-state index contributed by atoms with van der Waals surface area (Å²) in [5.74, 6) is 0. The molecule has 18 heavy (non-hydrogen) atoms. The first-order chi connectivity index (χ1) is 8.57. The van der Waals surface area contributed by atoms with E-state index >= 15 is 0 Å². The van der Waals surface area contributed by atoms with E-state index in [1.165, 1.54) is 6.07 Å². The molecule has 2 N–H and O–H groups in total. The van der Waals surface area contributed by atoms with E-state index in [0.29, 0.717) is 6.42 Å². The lowest BCUT2D eigenvalue weighted by Gasteiger charge is -2.07. The van der Waals surface area contributed by atoms with E-state index in [0.717, 1.165) is 17.5 Å². The van der Waals surface area contributed by atoms with Crippen LogP contribution in [-0.4, -0.2) is 13.4 Å². The van der Waals surface area contributed by atoms with E-state index in [4.69, 9.17) is 5.14 Å². The third kappa shape index (κ3) is 3.15. The van der Waals surface area contributed by atoms with Gasteiger partial charge in [-0.05, 0) is 36.1 Å². The summed E-state index contributed by atoms with van der Waals surface area (Å²) in [6, 6.07) is 10.6. The number of sulfonamides is 1. The number of nitrogens with zero attached hydrogens (tertiary/aromatic N) is 1. The van der Waals surface area contributed by atoms with Crippen molar-refractivity contribution in [1.82, 2.24) is 4.98 Å². The minimum Gasteiger partial charge on any atom is -0.264 e. The molecule has 0 fully saturated rings. The molecule has 0 saturated heterocycles. The molecule has 0 radical (unpaired) electrons. The van der Waals surface area contributed by atoms with Crippen LogP contribution in [0.3, 0.4) is 0 Å². The van der Waals surface area contributed by atoms with Gasteiger partial charge in [0.2, 0.25) is 10.0 Å². The molecule has 0 aliphatic heterocycles. The average molecular weight is 262 g/mol. The van der Waals surface area contributed by atoms with Crippen molar-refractivity contribution in [3.8, 4) is 0 Å². The topological polar surface area (TPSA) is 73.1 Å². The number of benzene rings is 1. The molecule has 0 unspecified atom stereocenters. The van der Waals surface area contributed by atoms with Gasteiger partial charge in [-0.3, -0.25) is 4.98 Å². The summed E-state index contributed by atoms with van der Waals surface area (Å²) in [7, 11) is -3.65. The van der Waals surface area contributed by atoms with Gasteiger partial charge < -0.3 is 0 Å². The molecule has 0 aliphatic rings. The fraction of sp³-hybridized carbons (Fsp3) is 0.154. The third-order valence-corrected chi connectivity index (χ3v) is 3.70. The monoisotopic (exact) mass is 262 g/mol. The van der Waals surface area contributed by atoms with Crippen molar-refractivity contribution in [2.75, 3.05) is 0 Å². The molecule has 94 valence electrons. The fourth-order valence-corrected chi connectivity index (χ4v) is 2.62. The van der Waals surface area contributed by atoms with Gasteiger partial charge >= 0.3 is 0 Å². The first-order valence-electron chi connectivity index (χ1n) is 5.57. The van der Waals surface area contributed by atoms with Crippen LogP contribution in [0.5, 0.6) is 0 Å². The lowest BCUT2D eigenvalue weighted by molar-refractivity contribution is 0.596. The summed E-state index contributed by atoms with van der Waals surface area (Å²) in [6.45, 7) is 0. The maximum Gasteiger partial charge on any atom is 0.238 e. The molecule has 1 aromatic carbocycles. The number of aryl methyl sites for hydroxylation is 2. The Hall–Kier alpha value is -1.72. The van der Waals surface area contributed by atoms with E-state index in [9.17, 15) is 8.42 Å². The Labute approximate surface area is 107 Å². The Morgan fingerprint density at radius 2 is 1.83 bits per heavy atom. The molecule has 4 nitrogen and oxygen atoms in total. The Balaban J connectivity index is 2.20. The van der Waals surface area contributed by atoms with E-state index in [-0.39, 0.29) is 4.90 Å². The Kier molecular flexibility index (Phi) is 3.74. The maximum atomic E-state index is 11.4. The number of pyridine rings is 1. The number of aromatic nitrogens is 1. The first-order valence-corrected chi connectivity index (χ1v) is 7.11. The van der Waals surface area contributed by atoms with E-state index < -0.39 is 10.0 Å². The third-order valence-electron chi connectivity index (χ3n) is 2.68. The second-order valence-electron chi connectivity index (χ2n) is 4.01. The van der Waals surface area contributed by atoms with Crippen LogP contribution in [0.25, 0.3) is 0 Å². The molecule has 0 bridgehead atoms. The highest BCUT2D eigenvalue weighted by atomic mass is 32.2. The molecule has 0 atom stereocenters. The van der Waals surface area contributed by atoms with Crippen LogP contribution in [-0.2, 0) is 22.9 Å². The van der Waals surface area contributed by atoms with Crippen molar-refractivity contribution >= 4 is 10.0 Å². The van der Waals surface area contributed by atoms with Gasteiger partial charge in [0.1, 0.15) is 0 Å². The van der Waals surface area contributed by atoms with Crippen molar-refractivity contribution in [1.29, 1.82) is 0 Å². The van der Waals surface area contributed by atoms with Gasteiger partial charge in [0.15, 0.2) is 0 Å². The Morgan fingerprint density at radius 1 is 1.06 bits per heavy atom. The second kappa shape index (κ2) is 5.29. The molecule has 0 spiro atoms. The molecule has 2 aromatic rings. The van der Waals surface area contributed by atoms with Crippen LogP contribution in [0.2, 0.25) is 0 Å². The highest BCUT2D eigenvalue weighted by molar-refractivity contribution is 7.89. The van der Waals surface area contributed by atoms with Crippen LogP contribution in [0.4, 0.5) is 0 Å². The number of primary sulfonamides is 1. The van der Waals surface area contributed by atoms with E-state index in [1.807, 2.05) is 18.2 Å². The van der Waals surface area contributed by atoms with Crippen LogP contribution >= 0.6 is 0 Å². The van der Waals surface area contributed by atoms with E-state index in [1.54, 1.807) is 24.5 Å². The van der Waals surface area contributed by atoms with Crippen molar-refractivity contribution in [2.24, 2.45) is 5.14 Å². The molecular formula is C13H14N2O2S. The minimum atomic E-state index is -3.65. The predicted octanol–water partition coefficient (Wildman–Crippen LogP) is 1.51. The normalized spacial score (nSPS) is 11.4. The smallest absolute Gasteiger partial charge is 0.238 e. The number of rotatable bonds is 4. The van der Waals surface area contributed by atoms with Crippen molar-refractivity contribution in [3.05, 3.63) is 59.9 Å². The summed E-state index contributed by atoms with van der Waals surface area (Å²) in [5, 5.41) is 5.19. The molecule has 2 rings (SSSR count). The van der Waals surface area contributed by atoms with Crippen molar-refractivity contribution < 1.29 is 8.42 Å². The number of hydrogen-bond acceptors (Lipinski definition) is 3. The van der Waals surface area contributed by atoms with Crippen LogP contribution in [0, 0.1) is 0 Å². The number of nitrogens with two attached hydrogens (primary N) is 1. The van der Waals surface area contributed by atoms with E-state index in [2.05, 4.69) is 4.98 Å². The average Bonchev–Trinajstić information content (AvgIpc) is 2.37. The largest absolute Gasteiger partial charge is 0.264 e. The summed E-state index contributed by atoms with van der Waals surface area (Å²) in [6.07, 6.45) is 4.85. The molecule has 5 heteroatoms. The SMILES string of the molecule is NS(=O)(=O)c1ccccc1CCc1cccnc1. The van der Waals surface area contributed by atoms with Crippen molar-refractivity contribution in [2.45, 2.75) is 17.7 Å². The number of hydrogen-bond donors (Lipinski definition) is 1. The molecule has 1 aromatic heterocycles. The van der Waals surface area contributed by atoms with Crippen LogP contribution < -0.4 is 5.14 Å². The quantitative estimate of drug-likeness (QED) is 0.907. The van der Waals surface area contributed by atoms with Gasteiger partial charge in [-0.25, -0.2) is 13.6 Å². The summed E-state index contributed by atoms with van der Waals surface area (Å²) < 4.78 is 22.9. The van der Waals surface area contributed by atoms with Gasteiger partial charge in [0.25, 0.3) is 0 Å². The molecule has 0 aliphatic carbocycles. The zero-order chi connectivity index (χ0) is 13.0. The summed E-state index contributed by atoms with van der Waals surface area (Å²) in [5.41, 5.74) is 1.81. The van der Waals surface area contributed by atoms with Gasteiger partial charge in [-0.1, -0.05) is 24.3 Å². The predicted molar refractivity (Wildman–Crippen MR) is 69.5 cm³/mol. The summed E-state index contributed by atoms with van der Waals surface area (Å²) in [4.78, 5) is 4.23. The molecule has 0 amide bonds. The first kappa shape index (κ1) is 12.7. The highest BCUT2D eigenvalue weighted by Crippen LogP contribution is 2.16. The lowest BCUT2D eigenvalue weighted by atomic mass is 10.1. The highest BCUT2D eigenvalue weighted by Gasteiger charge is 2.12. The lowest BCUT2D eigenvalue weighted by Crippen LogP contribution is -2.14. The van der Waals surface area contributed by atoms with Crippen molar-refractivity contribution in [3.63, 3.8) is 0 Å². The molecular weight excluding hydrogens is 248 g/mol. The van der Waals surface area contributed by atoms with Gasteiger partial charge in [0, 0.05) is 12.4 Å². The van der Waals surface area contributed by atoms with Crippen LogP contribution in [0.15, 0.2) is 53.7 Å². The zero-order valence-corrected chi connectivity index (χ0v) is 10.6. The molecule has 1 heterocycles.